The number of amides is 2. The quantitative estimate of drug-likeness (QED) is 0.119. The molecule has 2 aliphatic rings. The number of imide groups is 1. The van der Waals surface area contributed by atoms with E-state index in [1.165, 1.54) is 18.9 Å². The van der Waals surface area contributed by atoms with Gasteiger partial charge in [-0.3, -0.25) is 29.3 Å². The van der Waals surface area contributed by atoms with Crippen molar-refractivity contribution >= 4 is 41.3 Å². The Morgan fingerprint density at radius 1 is 1.23 bits per heavy atom. The largest absolute Gasteiger partial charge is 0.480 e. The number of carboxylic acid groups (broad SMARTS) is 1. The molecule has 12 nitrogen and oxygen atoms in total. The fraction of sp³-hybridized carbons (Fsp3) is 0.700. The van der Waals surface area contributed by atoms with Crippen LogP contribution in [-0.4, -0.2) is 93.4 Å². The molecule has 13 heteroatoms. The number of Topliss-reactive ketones (excluding diaryl/α,β-unsaturated/α-hetero) is 1. The zero-order valence-corrected chi connectivity index (χ0v) is 26.1. The maximum Gasteiger partial charge on any atom is 0.321 e. The van der Waals surface area contributed by atoms with Crippen molar-refractivity contribution < 1.29 is 48.8 Å². The number of carbonyl (C=O) groups is 5. The monoisotopic (exact) mass is 626 g/mol. The molecule has 1 fully saturated rings. The number of aliphatic hydroxyl groups excluding tert-OH is 2. The van der Waals surface area contributed by atoms with Crippen LogP contribution in [0.2, 0.25) is 0 Å². The van der Waals surface area contributed by atoms with Crippen molar-refractivity contribution in [1.29, 1.82) is 0 Å². The highest BCUT2D eigenvalue weighted by Gasteiger charge is 2.35. The molecule has 0 saturated carbocycles. The van der Waals surface area contributed by atoms with Crippen LogP contribution >= 0.6 is 11.8 Å². The molecule has 1 saturated heterocycles. The topological polar surface area (TPSA) is 203 Å². The molecule has 8 atom stereocenters. The second-order valence-electron chi connectivity index (χ2n) is 11.6. The number of carbonyl (C=O) groups excluding carboxylic acids is 4. The number of aliphatic carboxylic acids is 1. The number of nitrogens with one attached hydrogen (secondary N) is 1. The summed E-state index contributed by atoms with van der Waals surface area (Å²) in [7, 11) is 1.47. The van der Waals surface area contributed by atoms with Crippen molar-refractivity contribution in [3.63, 3.8) is 0 Å². The Bertz CT molecular complexity index is 1050. The lowest BCUT2D eigenvalue weighted by Gasteiger charge is -2.32. The number of piperidine rings is 1. The lowest BCUT2D eigenvalue weighted by molar-refractivity contribution is -0.153. The van der Waals surface area contributed by atoms with Crippen molar-refractivity contribution in [3.8, 4) is 0 Å². The summed E-state index contributed by atoms with van der Waals surface area (Å²) in [6.07, 6.45) is 2.96. The second kappa shape index (κ2) is 17.6. The number of nitrogens with two attached hydrogens (primary N) is 1. The van der Waals surface area contributed by atoms with Gasteiger partial charge in [-0.1, -0.05) is 32.1 Å². The van der Waals surface area contributed by atoms with E-state index in [4.69, 9.17) is 20.3 Å². The van der Waals surface area contributed by atoms with Gasteiger partial charge in [0.25, 0.3) is 0 Å². The Balaban J connectivity index is 2.17. The van der Waals surface area contributed by atoms with Crippen LogP contribution < -0.4 is 11.1 Å². The summed E-state index contributed by atoms with van der Waals surface area (Å²) in [4.78, 5) is 60.5. The zero-order chi connectivity index (χ0) is 32.3. The van der Waals surface area contributed by atoms with E-state index in [0.29, 0.717) is 18.4 Å². The number of ketones is 1. The van der Waals surface area contributed by atoms with Gasteiger partial charge >= 0.3 is 11.9 Å². The van der Waals surface area contributed by atoms with Gasteiger partial charge in [0, 0.05) is 49.2 Å². The molecule has 0 aromatic rings. The summed E-state index contributed by atoms with van der Waals surface area (Å²) < 4.78 is 11.4. The van der Waals surface area contributed by atoms with Crippen LogP contribution in [0, 0.1) is 17.8 Å². The number of thioether (sulfide) groups is 1. The van der Waals surface area contributed by atoms with E-state index >= 15 is 0 Å². The number of methoxy groups -OCH3 is 1. The van der Waals surface area contributed by atoms with Crippen LogP contribution in [0.5, 0.6) is 0 Å². The first-order chi connectivity index (χ1) is 20.2. The number of hydrogen-bond acceptors (Lipinski definition) is 11. The number of cyclic esters (lactones) is 1. The Morgan fingerprint density at radius 3 is 2.49 bits per heavy atom. The minimum absolute atomic E-state index is 0.00746. The molecule has 8 unspecified atom stereocenters. The van der Waals surface area contributed by atoms with Gasteiger partial charge in [0.2, 0.25) is 11.8 Å². The molecule has 0 aromatic carbocycles. The van der Waals surface area contributed by atoms with Crippen LogP contribution in [-0.2, 0) is 33.4 Å². The average molecular weight is 627 g/mol. The van der Waals surface area contributed by atoms with E-state index < -0.39 is 66.0 Å². The van der Waals surface area contributed by atoms with Gasteiger partial charge in [-0.2, -0.15) is 11.8 Å². The van der Waals surface area contributed by atoms with E-state index in [2.05, 4.69) is 5.32 Å². The summed E-state index contributed by atoms with van der Waals surface area (Å²) >= 11 is 1.29. The predicted molar refractivity (Wildman–Crippen MR) is 160 cm³/mol. The van der Waals surface area contributed by atoms with Crippen molar-refractivity contribution in [3.05, 3.63) is 23.8 Å². The van der Waals surface area contributed by atoms with Crippen molar-refractivity contribution in [2.75, 3.05) is 12.9 Å². The van der Waals surface area contributed by atoms with E-state index in [9.17, 15) is 34.2 Å². The standard InChI is InChI=1S/C30H46N2O10S/c1-16(23(34)13-20(33)10-19-11-25(35)32-26(36)12-19)9-17(2)29-18(3)28(38)24(41-4)8-6-5-7-21(14-27(37)42-29)43-15-22(31)30(39)40/h6,8-9,16,18-22,24,28-29,33,38H,5,7,10-15,31H2,1-4H3,(H,39,40)(H,32,35,36)/b8-6?,17-9+. The fourth-order valence-electron chi connectivity index (χ4n) is 5.36. The molecule has 2 heterocycles. The first-order valence-electron chi connectivity index (χ1n) is 14.6. The Labute approximate surface area is 256 Å². The van der Waals surface area contributed by atoms with Crippen LogP contribution in [0.3, 0.4) is 0 Å². The summed E-state index contributed by atoms with van der Waals surface area (Å²) in [5.74, 6) is -4.19. The van der Waals surface area contributed by atoms with Crippen molar-refractivity contribution in [2.24, 2.45) is 23.5 Å². The third-order valence-corrected chi connectivity index (χ3v) is 9.25. The highest BCUT2D eigenvalue weighted by atomic mass is 32.2. The Hall–Kier alpha value is -2.58. The highest BCUT2D eigenvalue weighted by Crippen LogP contribution is 2.29. The highest BCUT2D eigenvalue weighted by molar-refractivity contribution is 8.00. The number of hydrogen-bond donors (Lipinski definition) is 5. The number of carboxylic acids is 1. The third-order valence-electron chi connectivity index (χ3n) is 7.83. The number of allylic oxidation sites excluding steroid dienone is 2. The summed E-state index contributed by atoms with van der Waals surface area (Å²) in [6.45, 7) is 5.09. The molecule has 2 rings (SSSR count). The summed E-state index contributed by atoms with van der Waals surface area (Å²) in [5.41, 5.74) is 6.19. The number of ether oxygens (including phenoxy) is 2. The number of rotatable bonds is 12. The average Bonchev–Trinajstić information content (AvgIpc) is 2.92. The maximum atomic E-state index is 13.1. The summed E-state index contributed by atoms with van der Waals surface area (Å²) in [5, 5.41) is 32.7. The van der Waals surface area contributed by atoms with Crippen LogP contribution in [0.25, 0.3) is 0 Å². The van der Waals surface area contributed by atoms with E-state index in [0.717, 1.165) is 0 Å². The molecule has 0 radical (unpaired) electrons. The van der Waals surface area contributed by atoms with Gasteiger partial charge in [0.05, 0.1) is 18.6 Å². The van der Waals surface area contributed by atoms with E-state index in [-0.39, 0.29) is 54.8 Å². The van der Waals surface area contributed by atoms with Crippen LogP contribution in [0.15, 0.2) is 23.8 Å². The molecule has 2 aliphatic heterocycles. The van der Waals surface area contributed by atoms with Crippen molar-refractivity contribution in [2.45, 2.75) is 101 Å². The number of esters is 1. The zero-order valence-electron chi connectivity index (χ0n) is 25.3. The fourth-order valence-corrected chi connectivity index (χ4v) is 6.54. The molecule has 2 amide bonds. The second-order valence-corrected chi connectivity index (χ2v) is 12.9. The summed E-state index contributed by atoms with van der Waals surface area (Å²) in [6, 6.07) is -1.06. The normalized spacial score (nSPS) is 28.6. The minimum Gasteiger partial charge on any atom is -0.480 e. The smallest absolute Gasteiger partial charge is 0.321 e. The molecule has 0 spiro atoms. The van der Waals surface area contributed by atoms with Gasteiger partial charge in [0.15, 0.2) is 0 Å². The minimum atomic E-state index is -1.12. The molecule has 0 aromatic heterocycles. The molecule has 242 valence electrons. The Morgan fingerprint density at radius 2 is 1.88 bits per heavy atom. The van der Waals surface area contributed by atoms with E-state index in [1.807, 2.05) is 6.08 Å². The van der Waals surface area contributed by atoms with Crippen LogP contribution in [0.1, 0.15) is 65.7 Å². The molecule has 0 aliphatic carbocycles. The van der Waals surface area contributed by atoms with Gasteiger partial charge in [0.1, 0.15) is 24.0 Å². The lowest BCUT2D eigenvalue weighted by Crippen LogP contribution is -2.41. The van der Waals surface area contributed by atoms with Crippen molar-refractivity contribution in [1.82, 2.24) is 5.32 Å². The SMILES string of the molecule is COC1C=CCCC(SCC(N)C(=O)O)CC(=O)OC(/C(C)=C/C(C)C(=O)CC(O)CC2CC(=O)NC(=O)C2)C(C)C1O. The molecule has 0 bridgehead atoms. The number of aliphatic hydroxyl groups is 2. The molecule has 6 N–H and O–H groups in total. The maximum absolute atomic E-state index is 13.1. The van der Waals surface area contributed by atoms with Gasteiger partial charge in [-0.05, 0) is 37.7 Å². The first kappa shape index (κ1) is 36.6. The van der Waals surface area contributed by atoms with Gasteiger partial charge in [-0.25, -0.2) is 0 Å². The van der Waals surface area contributed by atoms with E-state index in [1.54, 1.807) is 32.9 Å². The van der Waals surface area contributed by atoms with Crippen LogP contribution in [0.4, 0.5) is 0 Å². The van der Waals surface area contributed by atoms with Gasteiger partial charge < -0.3 is 30.5 Å². The predicted octanol–water partition coefficient (Wildman–Crippen LogP) is 1.51. The first-order valence-corrected chi connectivity index (χ1v) is 15.6. The van der Waals surface area contributed by atoms with Gasteiger partial charge in [-0.15, -0.1) is 0 Å². The molecular formula is C30H46N2O10S. The molecule has 43 heavy (non-hydrogen) atoms. The lowest BCUT2D eigenvalue weighted by atomic mass is 9.86. The third kappa shape index (κ3) is 12.1. The Kier molecular flexibility index (Phi) is 15.0. The molecular weight excluding hydrogens is 580 g/mol.